The fourth-order valence-electron chi connectivity index (χ4n) is 2.45. The topological polar surface area (TPSA) is 75.7 Å². The number of hydrogen-bond donors (Lipinski definition) is 1. The van der Waals surface area contributed by atoms with Crippen molar-refractivity contribution in [1.29, 1.82) is 0 Å². The largest absolute Gasteiger partial charge is 0.356 e. The fourth-order valence-corrected chi connectivity index (χ4v) is 2.45. The summed E-state index contributed by atoms with van der Waals surface area (Å²) in [5.41, 5.74) is 0. The van der Waals surface area contributed by atoms with Crippen LogP contribution in [0.4, 0.5) is 0 Å². The third-order valence-corrected chi connectivity index (χ3v) is 3.73. The molecule has 1 N–H and O–H groups in total. The minimum Gasteiger partial charge on any atom is -0.356 e. The van der Waals surface area contributed by atoms with Gasteiger partial charge in [0.1, 0.15) is 12.7 Å². The summed E-state index contributed by atoms with van der Waals surface area (Å²) in [4.78, 5) is 35.6. The summed E-state index contributed by atoms with van der Waals surface area (Å²) in [5, 5.41) is 2.72. The Labute approximate surface area is 136 Å². The second-order valence-corrected chi connectivity index (χ2v) is 5.59. The molecule has 0 aromatic rings. The van der Waals surface area contributed by atoms with Gasteiger partial charge in [0, 0.05) is 31.7 Å². The number of nitrogens with zero attached hydrogens (tertiary/aromatic N) is 1. The van der Waals surface area contributed by atoms with Crippen LogP contribution in [0.25, 0.3) is 0 Å². The number of hydrogen-bond acceptors (Lipinski definition) is 4. The van der Waals surface area contributed by atoms with Gasteiger partial charge in [0.15, 0.2) is 0 Å². The number of nitrogens with one attached hydrogen (secondary N) is 1. The normalized spacial score (nSPS) is 20.7. The van der Waals surface area contributed by atoms with Gasteiger partial charge in [0.25, 0.3) is 11.8 Å². The van der Waals surface area contributed by atoms with Crippen molar-refractivity contribution >= 4 is 17.7 Å². The second kappa shape index (κ2) is 9.11. The van der Waals surface area contributed by atoms with Crippen LogP contribution < -0.4 is 5.32 Å². The number of rotatable bonds is 7. The van der Waals surface area contributed by atoms with E-state index in [0.717, 1.165) is 37.0 Å². The molecule has 0 bridgehead atoms. The maximum absolute atomic E-state index is 11.7. The number of carbonyl (C=O) groups is 3. The average Bonchev–Trinajstić information content (AvgIpc) is 2.82. The number of carbonyl (C=O) groups excluding carboxylic acids is 3. The van der Waals surface area contributed by atoms with Gasteiger partial charge in [0.2, 0.25) is 5.91 Å². The molecular formula is C17H22N2O4. The highest BCUT2D eigenvalue weighted by Gasteiger charge is 2.22. The first kappa shape index (κ1) is 17.2. The van der Waals surface area contributed by atoms with Crippen LogP contribution in [0.1, 0.15) is 38.5 Å². The molecule has 3 amide bonds. The molecule has 23 heavy (non-hydrogen) atoms. The summed E-state index contributed by atoms with van der Waals surface area (Å²) in [5.74, 6) is 5.32. The number of ether oxygens (including phenoxy) is 1. The monoisotopic (exact) mass is 318 g/mol. The van der Waals surface area contributed by atoms with Crippen LogP contribution in [0.15, 0.2) is 12.2 Å². The molecule has 1 unspecified atom stereocenters. The van der Waals surface area contributed by atoms with Crippen molar-refractivity contribution in [2.24, 2.45) is 0 Å². The van der Waals surface area contributed by atoms with Gasteiger partial charge in [-0.1, -0.05) is 12.3 Å². The number of imide groups is 1. The first-order valence-electron chi connectivity index (χ1n) is 8.07. The lowest BCUT2D eigenvalue weighted by Crippen LogP contribution is -2.35. The lowest BCUT2D eigenvalue weighted by molar-refractivity contribution is -0.136. The van der Waals surface area contributed by atoms with Crippen LogP contribution in [0.5, 0.6) is 0 Å². The minimum absolute atomic E-state index is 0.0114. The lowest BCUT2D eigenvalue weighted by Gasteiger charge is -2.15. The van der Waals surface area contributed by atoms with E-state index >= 15 is 0 Å². The van der Waals surface area contributed by atoms with Gasteiger partial charge in [-0.15, -0.1) is 5.92 Å². The third kappa shape index (κ3) is 5.87. The van der Waals surface area contributed by atoms with Crippen LogP contribution >= 0.6 is 0 Å². The van der Waals surface area contributed by atoms with Gasteiger partial charge in [-0.2, -0.15) is 0 Å². The van der Waals surface area contributed by atoms with E-state index in [2.05, 4.69) is 17.2 Å². The van der Waals surface area contributed by atoms with Gasteiger partial charge >= 0.3 is 0 Å². The van der Waals surface area contributed by atoms with E-state index < -0.39 is 0 Å². The molecule has 1 atom stereocenters. The molecule has 0 fully saturated rings. The van der Waals surface area contributed by atoms with E-state index in [1.54, 1.807) is 0 Å². The Morgan fingerprint density at radius 2 is 2.04 bits per heavy atom. The summed E-state index contributed by atoms with van der Waals surface area (Å²) in [6.45, 7) is 0.692. The second-order valence-electron chi connectivity index (χ2n) is 5.59. The lowest BCUT2D eigenvalue weighted by atomic mass is 10.1. The molecule has 124 valence electrons. The molecule has 0 radical (unpaired) electrons. The highest BCUT2D eigenvalue weighted by Crippen LogP contribution is 2.10. The molecule has 1 aliphatic heterocycles. The van der Waals surface area contributed by atoms with Gasteiger partial charge in [0.05, 0.1) is 0 Å². The predicted octanol–water partition coefficient (Wildman–Crippen LogP) is 0.770. The highest BCUT2D eigenvalue weighted by molar-refractivity contribution is 6.12. The van der Waals surface area contributed by atoms with Crippen molar-refractivity contribution < 1.29 is 19.1 Å². The zero-order valence-electron chi connectivity index (χ0n) is 13.2. The van der Waals surface area contributed by atoms with Crippen LogP contribution in [0.3, 0.4) is 0 Å². The average molecular weight is 318 g/mol. The molecule has 0 spiro atoms. The van der Waals surface area contributed by atoms with E-state index in [0.29, 0.717) is 19.5 Å². The SMILES string of the molecule is O=C(COC1C#CCCCCC1)NCCCN1C(=O)C=CC1=O. The minimum atomic E-state index is -0.299. The molecule has 1 heterocycles. The smallest absolute Gasteiger partial charge is 0.253 e. The Hall–Kier alpha value is -2.13. The van der Waals surface area contributed by atoms with Gasteiger partial charge < -0.3 is 10.1 Å². The number of amides is 3. The quantitative estimate of drug-likeness (QED) is 0.427. The Morgan fingerprint density at radius 1 is 1.26 bits per heavy atom. The Bertz CT molecular complexity index is 527. The summed E-state index contributed by atoms with van der Waals surface area (Å²) in [7, 11) is 0. The molecule has 2 aliphatic rings. The van der Waals surface area contributed by atoms with Crippen molar-refractivity contribution in [3.8, 4) is 11.8 Å². The first-order valence-corrected chi connectivity index (χ1v) is 8.07. The van der Waals surface area contributed by atoms with E-state index in [4.69, 9.17) is 4.74 Å². The standard InChI is InChI=1S/C17H22N2O4/c20-15(13-23-14-7-4-2-1-3-5-8-14)18-11-6-12-19-16(21)9-10-17(19)22/h9-10,14H,1-4,6-7,11-13H2,(H,18,20). The molecule has 6 nitrogen and oxygen atoms in total. The maximum atomic E-state index is 11.7. The van der Waals surface area contributed by atoms with E-state index in [1.807, 2.05) is 0 Å². The van der Waals surface area contributed by atoms with E-state index in [-0.39, 0.29) is 30.4 Å². The maximum Gasteiger partial charge on any atom is 0.253 e. The van der Waals surface area contributed by atoms with E-state index in [1.165, 1.54) is 12.2 Å². The van der Waals surface area contributed by atoms with Crippen molar-refractivity contribution in [3.63, 3.8) is 0 Å². The molecule has 2 rings (SSSR count). The van der Waals surface area contributed by atoms with Crippen molar-refractivity contribution in [1.82, 2.24) is 10.2 Å². The first-order chi connectivity index (χ1) is 11.2. The summed E-state index contributed by atoms with van der Waals surface area (Å²) in [6, 6.07) is 0. The highest BCUT2D eigenvalue weighted by atomic mass is 16.5. The molecule has 6 heteroatoms. The molecule has 0 aromatic carbocycles. The summed E-state index contributed by atoms with van der Waals surface area (Å²) in [6.07, 6.45) is 8.01. The zero-order valence-corrected chi connectivity index (χ0v) is 13.2. The van der Waals surface area contributed by atoms with Gasteiger partial charge in [-0.3, -0.25) is 19.3 Å². The molecule has 0 saturated heterocycles. The van der Waals surface area contributed by atoms with Crippen LogP contribution in [-0.2, 0) is 19.1 Å². The predicted molar refractivity (Wildman–Crippen MR) is 84.1 cm³/mol. The van der Waals surface area contributed by atoms with Crippen LogP contribution in [0, 0.1) is 11.8 Å². The fraction of sp³-hybridized carbons (Fsp3) is 0.588. The van der Waals surface area contributed by atoms with Crippen molar-refractivity contribution in [3.05, 3.63) is 12.2 Å². The van der Waals surface area contributed by atoms with Crippen molar-refractivity contribution in [2.75, 3.05) is 19.7 Å². The van der Waals surface area contributed by atoms with Crippen LogP contribution in [0.2, 0.25) is 0 Å². The summed E-state index contributed by atoms with van der Waals surface area (Å²) >= 11 is 0. The third-order valence-electron chi connectivity index (χ3n) is 3.73. The molecular weight excluding hydrogens is 296 g/mol. The molecule has 0 saturated carbocycles. The Morgan fingerprint density at radius 3 is 2.83 bits per heavy atom. The Balaban J connectivity index is 1.58. The van der Waals surface area contributed by atoms with Crippen LogP contribution in [-0.4, -0.2) is 48.4 Å². The molecule has 1 aliphatic carbocycles. The summed E-state index contributed by atoms with van der Waals surface area (Å²) < 4.78 is 5.53. The Kier molecular flexibility index (Phi) is 6.82. The van der Waals surface area contributed by atoms with Crippen molar-refractivity contribution in [2.45, 2.75) is 44.6 Å². The molecule has 0 aromatic heterocycles. The van der Waals surface area contributed by atoms with Gasteiger partial charge in [-0.05, 0) is 25.7 Å². The van der Waals surface area contributed by atoms with E-state index in [9.17, 15) is 14.4 Å². The zero-order chi connectivity index (χ0) is 16.5. The van der Waals surface area contributed by atoms with Gasteiger partial charge in [-0.25, -0.2) is 0 Å².